The van der Waals surface area contributed by atoms with Crippen molar-refractivity contribution >= 4 is 11.6 Å². The third kappa shape index (κ3) is 4.11. The molecule has 1 saturated carbocycles. The van der Waals surface area contributed by atoms with E-state index in [0.717, 1.165) is 37.1 Å². The standard InChI is InChI=1S/C21H30N2O5/c1-2-26-17-3-4-19-18(13-17)21(15-28-22-19)7-5-16(6-8-21)27-12-10-23-9-11-25-14-20(23)24/h3-4,13,16,22H,2,5-12,14-15H2,1H3. The summed E-state index contributed by atoms with van der Waals surface area (Å²) in [5.41, 5.74) is 5.41. The van der Waals surface area contributed by atoms with Crippen LogP contribution in [0.2, 0.25) is 0 Å². The second-order valence-corrected chi connectivity index (χ2v) is 7.81. The van der Waals surface area contributed by atoms with E-state index in [1.807, 2.05) is 24.0 Å². The minimum Gasteiger partial charge on any atom is -0.494 e. The first kappa shape index (κ1) is 19.5. The summed E-state index contributed by atoms with van der Waals surface area (Å²) in [6.45, 7) is 6.06. The number of rotatable bonds is 6. The highest BCUT2D eigenvalue weighted by Crippen LogP contribution is 2.46. The molecule has 28 heavy (non-hydrogen) atoms. The normalized spacial score (nSPS) is 27.4. The molecule has 7 nitrogen and oxygen atoms in total. The van der Waals surface area contributed by atoms with E-state index in [1.54, 1.807) is 0 Å². The Morgan fingerprint density at radius 3 is 2.96 bits per heavy atom. The second kappa shape index (κ2) is 8.68. The average Bonchev–Trinajstić information content (AvgIpc) is 2.72. The molecule has 1 spiro atoms. The van der Waals surface area contributed by atoms with Gasteiger partial charge >= 0.3 is 0 Å². The Morgan fingerprint density at radius 2 is 2.18 bits per heavy atom. The van der Waals surface area contributed by atoms with Crippen molar-refractivity contribution in [3.63, 3.8) is 0 Å². The van der Waals surface area contributed by atoms with E-state index in [2.05, 4.69) is 11.5 Å². The number of amides is 1. The molecule has 154 valence electrons. The Bertz CT molecular complexity index is 687. The molecule has 1 aliphatic carbocycles. The van der Waals surface area contributed by atoms with Gasteiger partial charge in [-0.1, -0.05) is 0 Å². The van der Waals surface area contributed by atoms with Crippen LogP contribution in [0.4, 0.5) is 5.69 Å². The molecule has 0 bridgehead atoms. The molecule has 0 atom stereocenters. The number of hydrogen-bond acceptors (Lipinski definition) is 6. The highest BCUT2D eigenvalue weighted by Gasteiger charge is 2.41. The summed E-state index contributed by atoms with van der Waals surface area (Å²) in [7, 11) is 0. The van der Waals surface area contributed by atoms with Crippen LogP contribution in [0, 0.1) is 0 Å². The van der Waals surface area contributed by atoms with Gasteiger partial charge in [-0.25, -0.2) is 0 Å². The summed E-state index contributed by atoms with van der Waals surface area (Å²) in [5, 5.41) is 0. The van der Waals surface area contributed by atoms with Gasteiger partial charge in [-0.2, -0.15) is 0 Å². The van der Waals surface area contributed by atoms with Crippen molar-refractivity contribution in [3.8, 4) is 5.75 Å². The lowest BCUT2D eigenvalue weighted by molar-refractivity contribution is -0.144. The zero-order valence-corrected chi connectivity index (χ0v) is 16.6. The maximum Gasteiger partial charge on any atom is 0.248 e. The molecule has 2 aliphatic heterocycles. The molecular weight excluding hydrogens is 360 g/mol. The molecule has 3 aliphatic rings. The van der Waals surface area contributed by atoms with Crippen LogP contribution in [0.25, 0.3) is 0 Å². The molecule has 2 heterocycles. The molecule has 0 radical (unpaired) electrons. The topological polar surface area (TPSA) is 69.3 Å². The number of carbonyl (C=O) groups is 1. The summed E-state index contributed by atoms with van der Waals surface area (Å²) in [6.07, 6.45) is 4.30. The van der Waals surface area contributed by atoms with Gasteiger partial charge in [-0.3, -0.25) is 15.1 Å². The molecule has 1 saturated heterocycles. The number of morpholine rings is 1. The minimum absolute atomic E-state index is 0.0216. The lowest BCUT2D eigenvalue weighted by atomic mass is 9.68. The number of nitrogens with one attached hydrogen (secondary N) is 1. The predicted octanol–water partition coefficient (Wildman–Crippen LogP) is 2.50. The minimum atomic E-state index is 0.0216. The van der Waals surface area contributed by atoms with Crippen molar-refractivity contribution in [2.24, 2.45) is 0 Å². The first-order valence-electron chi connectivity index (χ1n) is 10.3. The number of anilines is 1. The van der Waals surface area contributed by atoms with Crippen LogP contribution in [0.1, 0.15) is 38.2 Å². The zero-order valence-electron chi connectivity index (χ0n) is 16.6. The first-order valence-corrected chi connectivity index (χ1v) is 10.3. The first-order chi connectivity index (χ1) is 13.7. The Hall–Kier alpha value is -1.83. The van der Waals surface area contributed by atoms with Crippen molar-refractivity contribution in [2.45, 2.75) is 44.1 Å². The van der Waals surface area contributed by atoms with Crippen LogP contribution in [0.5, 0.6) is 5.75 Å². The molecule has 0 aromatic heterocycles. The predicted molar refractivity (Wildman–Crippen MR) is 104 cm³/mol. The van der Waals surface area contributed by atoms with Crippen molar-refractivity contribution in [1.29, 1.82) is 0 Å². The van der Waals surface area contributed by atoms with Gasteiger partial charge in [0.2, 0.25) is 5.91 Å². The molecule has 7 heteroatoms. The van der Waals surface area contributed by atoms with E-state index < -0.39 is 0 Å². The highest BCUT2D eigenvalue weighted by molar-refractivity contribution is 5.77. The maximum absolute atomic E-state index is 11.8. The number of benzene rings is 1. The van der Waals surface area contributed by atoms with Gasteiger partial charge in [0.05, 0.1) is 38.2 Å². The Morgan fingerprint density at radius 1 is 1.32 bits per heavy atom. The van der Waals surface area contributed by atoms with Crippen molar-refractivity contribution in [3.05, 3.63) is 23.8 Å². The summed E-state index contributed by atoms with van der Waals surface area (Å²) >= 11 is 0. The van der Waals surface area contributed by atoms with Crippen LogP contribution < -0.4 is 10.2 Å². The van der Waals surface area contributed by atoms with E-state index in [4.69, 9.17) is 19.0 Å². The van der Waals surface area contributed by atoms with Gasteiger partial charge in [0.1, 0.15) is 12.4 Å². The van der Waals surface area contributed by atoms with Gasteiger partial charge in [0.15, 0.2) is 0 Å². The molecule has 1 N–H and O–H groups in total. The van der Waals surface area contributed by atoms with Crippen LogP contribution in [0.15, 0.2) is 18.2 Å². The molecule has 2 fully saturated rings. The zero-order chi connectivity index (χ0) is 19.4. The van der Waals surface area contributed by atoms with Crippen LogP contribution in [0.3, 0.4) is 0 Å². The van der Waals surface area contributed by atoms with E-state index >= 15 is 0 Å². The summed E-state index contributed by atoms with van der Waals surface area (Å²) in [5.74, 6) is 0.976. The number of carbonyl (C=O) groups excluding carboxylic acids is 1. The van der Waals surface area contributed by atoms with Gasteiger partial charge in [0.25, 0.3) is 0 Å². The van der Waals surface area contributed by atoms with Crippen LogP contribution in [-0.4, -0.2) is 63.0 Å². The molecule has 1 amide bonds. The van der Waals surface area contributed by atoms with Crippen LogP contribution >= 0.6 is 0 Å². The summed E-state index contributed by atoms with van der Waals surface area (Å²) in [6, 6.07) is 6.20. The van der Waals surface area contributed by atoms with Gasteiger partial charge in [0, 0.05) is 18.5 Å². The number of nitrogens with zero attached hydrogens (tertiary/aromatic N) is 1. The Balaban J connectivity index is 1.32. The van der Waals surface area contributed by atoms with Gasteiger partial charge in [-0.05, 0) is 56.4 Å². The monoisotopic (exact) mass is 390 g/mol. The third-order valence-corrected chi connectivity index (χ3v) is 6.09. The molecule has 1 aromatic rings. The van der Waals surface area contributed by atoms with Crippen LogP contribution in [-0.2, 0) is 24.5 Å². The largest absolute Gasteiger partial charge is 0.494 e. The number of ether oxygens (including phenoxy) is 3. The Kier molecular flexibility index (Phi) is 6.04. The van der Waals surface area contributed by atoms with E-state index in [0.29, 0.717) is 39.5 Å². The highest BCUT2D eigenvalue weighted by atomic mass is 16.6. The van der Waals surface area contributed by atoms with E-state index in [1.165, 1.54) is 5.56 Å². The maximum atomic E-state index is 11.8. The quantitative estimate of drug-likeness (QED) is 0.805. The van der Waals surface area contributed by atoms with Crippen molar-refractivity contribution < 1.29 is 23.8 Å². The molecule has 0 unspecified atom stereocenters. The molecule has 4 rings (SSSR count). The third-order valence-electron chi connectivity index (χ3n) is 6.09. The van der Waals surface area contributed by atoms with Crippen molar-refractivity contribution in [1.82, 2.24) is 4.90 Å². The Labute approximate surface area is 166 Å². The van der Waals surface area contributed by atoms with Crippen molar-refractivity contribution in [2.75, 3.05) is 51.6 Å². The fourth-order valence-electron chi connectivity index (χ4n) is 4.48. The lowest BCUT2D eigenvalue weighted by Gasteiger charge is -2.43. The fraction of sp³-hybridized carbons (Fsp3) is 0.667. The molecular formula is C21H30N2O5. The SMILES string of the molecule is CCOc1ccc2c(c1)C1(CCC(OCCN3CCOCC3=O)CC1)CON2. The average molecular weight is 390 g/mol. The smallest absolute Gasteiger partial charge is 0.248 e. The molecule has 1 aromatic carbocycles. The summed E-state index contributed by atoms with van der Waals surface area (Å²) < 4.78 is 17.0. The number of fused-ring (bicyclic) bond motifs is 2. The number of hydrogen-bond donors (Lipinski definition) is 1. The second-order valence-electron chi connectivity index (χ2n) is 7.81. The lowest BCUT2D eigenvalue weighted by Crippen LogP contribution is -2.44. The van der Waals surface area contributed by atoms with E-state index in [-0.39, 0.29) is 24.0 Å². The summed E-state index contributed by atoms with van der Waals surface area (Å²) in [4.78, 5) is 19.3. The van der Waals surface area contributed by atoms with E-state index in [9.17, 15) is 4.79 Å². The van der Waals surface area contributed by atoms with Gasteiger partial charge in [-0.15, -0.1) is 0 Å². The fourth-order valence-corrected chi connectivity index (χ4v) is 4.48. The van der Waals surface area contributed by atoms with Gasteiger partial charge < -0.3 is 19.1 Å².